The van der Waals surface area contributed by atoms with E-state index in [1.807, 2.05) is 41.1 Å². The molecule has 10 heteroatoms. The number of methoxy groups -OCH3 is 1. The number of nitrogens with zero attached hydrogens (tertiary/aromatic N) is 6. The fourth-order valence-electron chi connectivity index (χ4n) is 5.24. The Morgan fingerprint density at radius 2 is 2.00 bits per heavy atom. The van der Waals surface area contributed by atoms with Gasteiger partial charge in [0, 0.05) is 43.4 Å². The lowest BCUT2D eigenvalue weighted by atomic mass is 10.1. The van der Waals surface area contributed by atoms with E-state index in [2.05, 4.69) is 21.3 Å². The van der Waals surface area contributed by atoms with Crippen molar-refractivity contribution < 1.29 is 9.53 Å². The van der Waals surface area contributed by atoms with Crippen molar-refractivity contribution in [2.75, 3.05) is 48.1 Å². The van der Waals surface area contributed by atoms with Crippen molar-refractivity contribution in [3.8, 4) is 23.1 Å². The summed E-state index contributed by atoms with van der Waals surface area (Å²) in [6, 6.07) is 11.8. The lowest BCUT2D eigenvalue weighted by molar-refractivity contribution is -0.119. The number of anilines is 5. The predicted molar refractivity (Wildman–Crippen MR) is 143 cm³/mol. The number of hydrogen-bond acceptors (Lipinski definition) is 8. The highest BCUT2D eigenvalue weighted by atomic mass is 16.5. The first-order chi connectivity index (χ1) is 18.0. The number of carbonyl (C=O) groups excluding carboxylic acids is 1. The van der Waals surface area contributed by atoms with Crippen LogP contribution in [0.2, 0.25) is 0 Å². The number of likely N-dealkylation sites (N-methyl/N-ethyl adjacent to an activating group) is 1. The zero-order valence-corrected chi connectivity index (χ0v) is 20.7. The summed E-state index contributed by atoms with van der Waals surface area (Å²) >= 11 is 0. The number of ether oxygens (including phenoxy) is 1. The Hall–Kier alpha value is -4.78. The summed E-state index contributed by atoms with van der Waals surface area (Å²) in [7, 11) is 3.39. The Kier molecular flexibility index (Phi) is 5.34. The second-order valence-electron chi connectivity index (χ2n) is 9.29. The van der Waals surface area contributed by atoms with Gasteiger partial charge in [0.25, 0.3) is 0 Å². The van der Waals surface area contributed by atoms with E-state index < -0.39 is 0 Å². The van der Waals surface area contributed by atoms with Gasteiger partial charge in [-0.25, -0.2) is 9.97 Å². The molecule has 2 aliphatic rings. The van der Waals surface area contributed by atoms with E-state index >= 15 is 0 Å². The molecule has 4 heterocycles. The van der Waals surface area contributed by atoms with Crippen LogP contribution in [-0.2, 0) is 11.3 Å². The summed E-state index contributed by atoms with van der Waals surface area (Å²) in [5, 5.41) is 14.0. The van der Waals surface area contributed by atoms with Crippen LogP contribution in [0.15, 0.2) is 42.7 Å². The molecule has 4 aromatic rings. The molecule has 1 amide bonds. The highest BCUT2D eigenvalue weighted by Gasteiger charge is 2.26. The number of para-hydroxylation sites is 1. The summed E-state index contributed by atoms with van der Waals surface area (Å²) in [5.74, 6) is 0.926. The van der Waals surface area contributed by atoms with Crippen LogP contribution in [0.1, 0.15) is 18.4 Å². The van der Waals surface area contributed by atoms with Gasteiger partial charge in [-0.2, -0.15) is 5.26 Å². The Bertz CT molecular complexity index is 1600. The van der Waals surface area contributed by atoms with Crippen molar-refractivity contribution in [1.29, 1.82) is 5.26 Å². The molecule has 0 bridgehead atoms. The molecule has 0 radical (unpaired) electrons. The highest BCUT2D eigenvalue weighted by Crippen LogP contribution is 2.40. The molecule has 0 aliphatic carbocycles. The number of nitrogen functional groups attached to an aromatic ring is 1. The van der Waals surface area contributed by atoms with Crippen LogP contribution in [0, 0.1) is 11.3 Å². The maximum atomic E-state index is 12.5. The number of aromatic nitrogens is 3. The summed E-state index contributed by atoms with van der Waals surface area (Å²) in [4.78, 5) is 25.5. The van der Waals surface area contributed by atoms with Crippen molar-refractivity contribution in [1.82, 2.24) is 14.5 Å². The third-order valence-electron chi connectivity index (χ3n) is 7.12. The number of amides is 1. The number of nitrogens with two attached hydrogens (primary N) is 1. The number of nitrogens with one attached hydrogen (secondary N) is 1. The van der Waals surface area contributed by atoms with Crippen LogP contribution < -0.4 is 25.6 Å². The second-order valence-corrected chi connectivity index (χ2v) is 9.29. The molecule has 6 rings (SSSR count). The van der Waals surface area contributed by atoms with Crippen molar-refractivity contribution in [2.45, 2.75) is 19.4 Å². The normalized spacial score (nSPS) is 14.8. The number of nitriles is 1. The third-order valence-corrected chi connectivity index (χ3v) is 7.12. The highest BCUT2D eigenvalue weighted by molar-refractivity contribution is 6.10. The predicted octanol–water partition coefficient (Wildman–Crippen LogP) is 3.88. The average molecular weight is 495 g/mol. The smallest absolute Gasteiger partial charge is 0.246 e. The number of carbonyl (C=O) groups is 1. The van der Waals surface area contributed by atoms with Crippen LogP contribution in [0.4, 0.5) is 28.7 Å². The maximum Gasteiger partial charge on any atom is 0.246 e. The molecule has 10 nitrogen and oxygen atoms in total. The van der Waals surface area contributed by atoms with Gasteiger partial charge in [0.05, 0.1) is 52.8 Å². The summed E-state index contributed by atoms with van der Waals surface area (Å²) < 4.78 is 7.57. The van der Waals surface area contributed by atoms with Gasteiger partial charge in [0.1, 0.15) is 18.4 Å². The van der Waals surface area contributed by atoms with Gasteiger partial charge in [-0.1, -0.05) is 12.1 Å². The first-order valence-corrected chi connectivity index (χ1v) is 12.1. The fourth-order valence-corrected chi connectivity index (χ4v) is 5.24. The van der Waals surface area contributed by atoms with Crippen LogP contribution in [0.5, 0.6) is 5.75 Å². The van der Waals surface area contributed by atoms with Gasteiger partial charge in [-0.15, -0.1) is 0 Å². The van der Waals surface area contributed by atoms with Crippen molar-refractivity contribution >= 4 is 45.5 Å². The molecule has 37 heavy (non-hydrogen) atoms. The zero-order chi connectivity index (χ0) is 25.7. The molecule has 1 fully saturated rings. The molecule has 0 saturated carbocycles. The molecule has 186 valence electrons. The van der Waals surface area contributed by atoms with Gasteiger partial charge < -0.3 is 30.2 Å². The van der Waals surface area contributed by atoms with Gasteiger partial charge in [-0.05, 0) is 25.0 Å². The maximum absolute atomic E-state index is 12.5. The van der Waals surface area contributed by atoms with Crippen molar-refractivity contribution in [3.05, 3.63) is 48.3 Å². The number of benzene rings is 2. The second kappa shape index (κ2) is 8.71. The quantitative estimate of drug-likeness (QED) is 0.401. The van der Waals surface area contributed by atoms with Crippen molar-refractivity contribution in [3.63, 3.8) is 0 Å². The van der Waals surface area contributed by atoms with Crippen molar-refractivity contribution in [2.24, 2.45) is 0 Å². The Morgan fingerprint density at radius 1 is 1.19 bits per heavy atom. The summed E-state index contributed by atoms with van der Waals surface area (Å²) in [6.07, 6.45) is 5.68. The molecule has 2 aliphatic heterocycles. The van der Waals surface area contributed by atoms with E-state index in [0.717, 1.165) is 53.8 Å². The number of hydrogen-bond donors (Lipinski definition) is 2. The van der Waals surface area contributed by atoms with Gasteiger partial charge in [0.15, 0.2) is 0 Å². The topological polar surface area (TPSA) is 125 Å². The minimum absolute atomic E-state index is 0.00485. The molecular weight excluding hydrogens is 468 g/mol. The molecule has 3 N–H and O–H groups in total. The summed E-state index contributed by atoms with van der Waals surface area (Å²) in [5.41, 5.74) is 12.0. The Labute approximate surface area is 213 Å². The van der Waals surface area contributed by atoms with Crippen LogP contribution in [-0.4, -0.2) is 47.7 Å². The fraction of sp³-hybridized carbons (Fsp3) is 0.259. The standard InChI is InChI=1S/C27H26N8O2/c1-33-21-7-5-6-17-18(14-35(26(17)21)15-24(33)36)25-16(12-28)13-30-27(32-25)31-20-10-19(29)22(11-23(20)37-2)34-8-3-4-9-34/h5-7,10-11,13-14H,3-4,8-9,15,29H2,1-2H3,(H,30,31,32). The SMILES string of the molecule is COc1cc(N2CCCC2)c(N)cc1Nc1ncc(C#N)c(-c2cn3c4c(cccc24)N(C)C(=O)C3)n1. The lowest BCUT2D eigenvalue weighted by Gasteiger charge is -2.24. The zero-order valence-electron chi connectivity index (χ0n) is 20.7. The van der Waals surface area contributed by atoms with Crippen LogP contribution in [0.3, 0.4) is 0 Å². The van der Waals surface area contributed by atoms with E-state index in [1.54, 1.807) is 19.1 Å². The van der Waals surface area contributed by atoms with E-state index in [9.17, 15) is 10.1 Å². The molecule has 2 aromatic carbocycles. The molecular formula is C27H26N8O2. The van der Waals surface area contributed by atoms with Gasteiger partial charge >= 0.3 is 0 Å². The van der Waals surface area contributed by atoms with Gasteiger partial charge in [-0.3, -0.25) is 4.79 Å². The summed E-state index contributed by atoms with van der Waals surface area (Å²) in [6.45, 7) is 2.17. The molecule has 2 aromatic heterocycles. The first kappa shape index (κ1) is 22.7. The Morgan fingerprint density at radius 3 is 2.76 bits per heavy atom. The Balaban J connectivity index is 1.42. The van der Waals surface area contributed by atoms with E-state index in [0.29, 0.717) is 34.3 Å². The van der Waals surface area contributed by atoms with E-state index in [1.165, 1.54) is 6.20 Å². The molecule has 1 saturated heterocycles. The minimum Gasteiger partial charge on any atom is -0.494 e. The molecule has 0 atom stereocenters. The third kappa shape index (κ3) is 3.67. The largest absolute Gasteiger partial charge is 0.494 e. The minimum atomic E-state index is -0.00485. The van der Waals surface area contributed by atoms with E-state index in [4.69, 9.17) is 15.5 Å². The van der Waals surface area contributed by atoms with Crippen LogP contribution >= 0.6 is 0 Å². The molecule has 0 unspecified atom stereocenters. The first-order valence-electron chi connectivity index (χ1n) is 12.1. The van der Waals surface area contributed by atoms with Gasteiger partial charge in [0.2, 0.25) is 11.9 Å². The monoisotopic (exact) mass is 494 g/mol. The lowest BCUT2D eigenvalue weighted by Crippen LogP contribution is -2.33. The number of rotatable bonds is 5. The molecule has 0 spiro atoms. The van der Waals surface area contributed by atoms with Crippen LogP contribution in [0.25, 0.3) is 22.2 Å². The average Bonchev–Trinajstić information content (AvgIpc) is 3.57. The van der Waals surface area contributed by atoms with E-state index in [-0.39, 0.29) is 12.5 Å².